The van der Waals surface area contributed by atoms with E-state index in [1.807, 2.05) is 37.3 Å². The highest BCUT2D eigenvalue weighted by atomic mass is 32.2. The first-order valence-electron chi connectivity index (χ1n) is 7.03. The third-order valence-corrected chi connectivity index (χ3v) is 4.63. The highest BCUT2D eigenvalue weighted by Crippen LogP contribution is 2.25. The van der Waals surface area contributed by atoms with Crippen LogP contribution in [0.3, 0.4) is 0 Å². The van der Waals surface area contributed by atoms with Crippen LogP contribution in [0.1, 0.15) is 32.6 Å². The lowest BCUT2D eigenvalue weighted by Crippen LogP contribution is -2.50. The number of benzene rings is 1. The molecule has 2 rings (SSSR count). The second kappa shape index (κ2) is 7.33. The van der Waals surface area contributed by atoms with Crippen LogP contribution >= 0.6 is 11.8 Å². The predicted molar refractivity (Wildman–Crippen MR) is 80.1 cm³/mol. The van der Waals surface area contributed by atoms with Crippen LogP contribution < -0.4 is 5.43 Å². The molecule has 1 unspecified atom stereocenters. The summed E-state index contributed by atoms with van der Waals surface area (Å²) in [5.41, 5.74) is 2.76. The Balaban J connectivity index is 1.93. The normalized spacial score (nSPS) is 16.9. The third kappa shape index (κ3) is 4.00. The molecule has 0 saturated carbocycles. The van der Waals surface area contributed by atoms with Crippen molar-refractivity contribution in [1.82, 2.24) is 10.4 Å². The van der Waals surface area contributed by atoms with E-state index in [4.69, 9.17) is 0 Å². The van der Waals surface area contributed by atoms with Gasteiger partial charge in [0.2, 0.25) is 5.91 Å². The molecule has 1 aromatic carbocycles. The van der Waals surface area contributed by atoms with Crippen LogP contribution in [0.25, 0.3) is 0 Å². The Morgan fingerprint density at radius 2 is 2.10 bits per heavy atom. The van der Waals surface area contributed by atoms with Gasteiger partial charge in [0, 0.05) is 17.9 Å². The van der Waals surface area contributed by atoms with Crippen LogP contribution in [0.5, 0.6) is 0 Å². The van der Waals surface area contributed by atoms with Crippen LogP contribution in [0.15, 0.2) is 35.2 Å². The Morgan fingerprint density at radius 3 is 2.75 bits per heavy atom. The number of thioether (sulfide) groups is 1. The van der Waals surface area contributed by atoms with E-state index in [-0.39, 0.29) is 17.1 Å². The van der Waals surface area contributed by atoms with Crippen molar-refractivity contribution in [3.8, 4) is 0 Å². The van der Waals surface area contributed by atoms with E-state index < -0.39 is 0 Å². The molecule has 0 aliphatic carbocycles. The summed E-state index contributed by atoms with van der Waals surface area (Å²) in [7, 11) is 0. The summed E-state index contributed by atoms with van der Waals surface area (Å²) in [4.78, 5) is 25.0. The highest BCUT2D eigenvalue weighted by Gasteiger charge is 2.24. The van der Waals surface area contributed by atoms with Gasteiger partial charge < -0.3 is 0 Å². The average molecular weight is 292 g/mol. The number of hydrazine groups is 1. The molecule has 1 N–H and O–H groups in total. The number of carbonyl (C=O) groups excluding carboxylic acids is 2. The number of hydrogen-bond donors (Lipinski definition) is 1. The van der Waals surface area contributed by atoms with Crippen molar-refractivity contribution in [3.63, 3.8) is 0 Å². The zero-order valence-corrected chi connectivity index (χ0v) is 12.5. The van der Waals surface area contributed by atoms with E-state index in [1.54, 1.807) is 0 Å². The average Bonchev–Trinajstić information content (AvgIpc) is 2.48. The standard InChI is InChI=1S/C15H20N2O2S/c1-2-13(20-12-8-4-3-5-9-12)15(19)16-17-11-7-6-10-14(17)18/h3-5,8-9,13H,2,6-7,10-11H2,1H3,(H,16,19). The van der Waals surface area contributed by atoms with Crippen LogP contribution in [0, 0.1) is 0 Å². The Kier molecular flexibility index (Phi) is 5.47. The fourth-order valence-electron chi connectivity index (χ4n) is 2.11. The van der Waals surface area contributed by atoms with Crippen molar-refractivity contribution in [2.24, 2.45) is 0 Å². The van der Waals surface area contributed by atoms with Gasteiger partial charge in [0.15, 0.2) is 0 Å². The van der Waals surface area contributed by atoms with Gasteiger partial charge in [-0.2, -0.15) is 0 Å². The number of nitrogens with one attached hydrogen (secondary N) is 1. The van der Waals surface area contributed by atoms with Crippen LogP contribution in [-0.4, -0.2) is 28.6 Å². The van der Waals surface area contributed by atoms with E-state index in [9.17, 15) is 9.59 Å². The number of rotatable bonds is 5. The van der Waals surface area contributed by atoms with Crippen LogP contribution in [-0.2, 0) is 9.59 Å². The lowest BCUT2D eigenvalue weighted by Gasteiger charge is -2.28. The van der Waals surface area contributed by atoms with Crippen molar-refractivity contribution < 1.29 is 9.59 Å². The van der Waals surface area contributed by atoms with Crippen LogP contribution in [0.4, 0.5) is 0 Å². The monoisotopic (exact) mass is 292 g/mol. The minimum atomic E-state index is -0.174. The fourth-order valence-corrected chi connectivity index (χ4v) is 3.08. The summed E-state index contributed by atoms with van der Waals surface area (Å²) in [6, 6.07) is 9.86. The van der Waals surface area contributed by atoms with E-state index in [0.29, 0.717) is 13.0 Å². The van der Waals surface area contributed by atoms with Crippen molar-refractivity contribution in [2.45, 2.75) is 42.8 Å². The molecule has 0 spiro atoms. The molecule has 20 heavy (non-hydrogen) atoms. The molecule has 1 atom stereocenters. The minimum absolute atomic E-state index is 0.0177. The lowest BCUT2D eigenvalue weighted by atomic mass is 10.1. The SMILES string of the molecule is CCC(Sc1ccccc1)C(=O)NN1CCCCC1=O. The van der Waals surface area contributed by atoms with E-state index in [2.05, 4.69) is 5.43 Å². The second-order valence-corrected chi connectivity index (χ2v) is 6.08. The van der Waals surface area contributed by atoms with Gasteiger partial charge in [-0.15, -0.1) is 11.8 Å². The summed E-state index contributed by atoms with van der Waals surface area (Å²) in [5, 5.41) is 1.30. The van der Waals surface area contributed by atoms with E-state index in [0.717, 1.165) is 24.2 Å². The quantitative estimate of drug-likeness (QED) is 0.849. The van der Waals surface area contributed by atoms with Crippen molar-refractivity contribution in [3.05, 3.63) is 30.3 Å². The molecule has 0 bridgehead atoms. The maximum Gasteiger partial charge on any atom is 0.252 e. The van der Waals surface area contributed by atoms with Crippen molar-refractivity contribution >= 4 is 23.6 Å². The molecule has 2 amide bonds. The predicted octanol–water partition coefficient (Wildman–Crippen LogP) is 2.60. The van der Waals surface area contributed by atoms with Crippen LogP contribution in [0.2, 0.25) is 0 Å². The Bertz CT molecular complexity index is 464. The summed E-state index contributed by atoms with van der Waals surface area (Å²) in [5.74, 6) is -0.0687. The molecular formula is C15H20N2O2S. The van der Waals surface area contributed by atoms with Crippen molar-refractivity contribution in [1.29, 1.82) is 0 Å². The first kappa shape index (κ1) is 14.9. The van der Waals surface area contributed by atoms with Gasteiger partial charge >= 0.3 is 0 Å². The largest absolute Gasteiger partial charge is 0.273 e. The number of piperidine rings is 1. The first-order valence-corrected chi connectivity index (χ1v) is 7.91. The topological polar surface area (TPSA) is 49.4 Å². The summed E-state index contributed by atoms with van der Waals surface area (Å²) < 4.78 is 0. The molecule has 1 heterocycles. The third-order valence-electron chi connectivity index (χ3n) is 3.25. The number of hydrogen-bond acceptors (Lipinski definition) is 3. The molecule has 4 nitrogen and oxygen atoms in total. The summed E-state index contributed by atoms with van der Waals surface area (Å²) >= 11 is 1.54. The zero-order valence-electron chi connectivity index (χ0n) is 11.7. The van der Waals surface area contributed by atoms with Gasteiger partial charge in [-0.05, 0) is 31.4 Å². The number of carbonyl (C=O) groups is 2. The van der Waals surface area contributed by atoms with Gasteiger partial charge in [0.25, 0.3) is 5.91 Å². The van der Waals surface area contributed by atoms with E-state index in [1.165, 1.54) is 16.8 Å². The van der Waals surface area contributed by atoms with E-state index >= 15 is 0 Å². The number of nitrogens with zero attached hydrogens (tertiary/aromatic N) is 1. The second-order valence-electron chi connectivity index (χ2n) is 4.81. The number of amides is 2. The molecular weight excluding hydrogens is 272 g/mol. The Morgan fingerprint density at radius 1 is 1.35 bits per heavy atom. The van der Waals surface area contributed by atoms with Gasteiger partial charge in [-0.3, -0.25) is 20.0 Å². The molecule has 0 radical (unpaired) electrons. The molecule has 1 saturated heterocycles. The lowest BCUT2D eigenvalue weighted by molar-refractivity contribution is -0.143. The minimum Gasteiger partial charge on any atom is -0.273 e. The maximum absolute atomic E-state index is 12.3. The fraction of sp³-hybridized carbons (Fsp3) is 0.467. The Hall–Kier alpha value is -1.49. The zero-order chi connectivity index (χ0) is 14.4. The highest BCUT2D eigenvalue weighted by molar-refractivity contribution is 8.00. The first-order chi connectivity index (χ1) is 9.70. The molecule has 5 heteroatoms. The van der Waals surface area contributed by atoms with Gasteiger partial charge in [0.05, 0.1) is 5.25 Å². The maximum atomic E-state index is 12.3. The molecule has 1 aliphatic heterocycles. The molecule has 108 valence electrons. The van der Waals surface area contributed by atoms with Crippen molar-refractivity contribution in [2.75, 3.05) is 6.54 Å². The molecule has 0 aromatic heterocycles. The summed E-state index contributed by atoms with van der Waals surface area (Å²) in [6.07, 6.45) is 3.13. The van der Waals surface area contributed by atoms with Gasteiger partial charge in [-0.25, -0.2) is 0 Å². The Labute approximate surface area is 123 Å². The summed E-state index contributed by atoms with van der Waals surface area (Å²) in [6.45, 7) is 2.61. The molecule has 1 fully saturated rings. The molecule has 1 aromatic rings. The smallest absolute Gasteiger partial charge is 0.252 e. The van der Waals surface area contributed by atoms with Gasteiger partial charge in [0.1, 0.15) is 0 Å². The molecule has 1 aliphatic rings. The van der Waals surface area contributed by atoms with Gasteiger partial charge in [-0.1, -0.05) is 25.1 Å².